The second kappa shape index (κ2) is 6.09. The second-order valence-corrected chi connectivity index (χ2v) is 5.99. The van der Waals surface area contributed by atoms with Crippen LogP contribution in [0.3, 0.4) is 0 Å². The summed E-state index contributed by atoms with van der Waals surface area (Å²) in [5.74, 6) is 0.740. The number of carbonyl (C=O) groups excluding carboxylic acids is 1. The van der Waals surface area contributed by atoms with Crippen LogP contribution in [0.25, 0.3) is 16.6 Å². The number of halogens is 1. The van der Waals surface area contributed by atoms with Crippen molar-refractivity contribution in [2.75, 3.05) is 7.11 Å². The quantitative estimate of drug-likeness (QED) is 0.635. The number of carbonyl (C=O) groups is 1. The second-order valence-electron chi connectivity index (χ2n) is 5.55. The van der Waals surface area contributed by atoms with Gasteiger partial charge in [-0.15, -0.1) is 0 Å². The van der Waals surface area contributed by atoms with E-state index in [-0.39, 0.29) is 0 Å². The van der Waals surface area contributed by atoms with Gasteiger partial charge in [0.15, 0.2) is 6.29 Å². The number of hydrogen-bond donors (Lipinski definition) is 0. The molecule has 0 saturated carbocycles. The van der Waals surface area contributed by atoms with Gasteiger partial charge >= 0.3 is 0 Å². The van der Waals surface area contributed by atoms with Gasteiger partial charge in [-0.3, -0.25) is 4.79 Å². The topological polar surface area (TPSA) is 30.7 Å². The Balaban J connectivity index is 2.34. The Labute approximate surface area is 140 Å². The molecular formula is C19H18ClNO2. The van der Waals surface area contributed by atoms with E-state index < -0.39 is 0 Å². The number of fused-ring (bicyclic) bond motifs is 1. The minimum atomic E-state index is 0.607. The number of rotatable bonds is 4. The third kappa shape index (κ3) is 2.62. The number of nitrogens with zero attached hydrogens (tertiary/aromatic N) is 1. The highest BCUT2D eigenvalue weighted by Gasteiger charge is 2.17. The highest BCUT2D eigenvalue weighted by Crippen LogP contribution is 2.38. The molecule has 0 atom stereocenters. The lowest BCUT2D eigenvalue weighted by molar-refractivity contribution is 0.111. The normalized spacial score (nSPS) is 11.0. The largest absolute Gasteiger partial charge is 0.496 e. The molecule has 3 rings (SSSR count). The maximum Gasteiger partial charge on any atom is 0.167 e. The SMILES string of the molecule is CCc1ccc2cc(-c3cc(Cl)cc(C)c3OC)c(C=O)n2c1. The van der Waals surface area contributed by atoms with Gasteiger partial charge in [0, 0.05) is 27.9 Å². The number of pyridine rings is 1. The van der Waals surface area contributed by atoms with E-state index in [1.165, 1.54) is 5.56 Å². The number of benzene rings is 1. The van der Waals surface area contributed by atoms with E-state index in [1.54, 1.807) is 7.11 Å². The summed E-state index contributed by atoms with van der Waals surface area (Å²) in [6.45, 7) is 4.04. The Kier molecular flexibility index (Phi) is 4.14. The van der Waals surface area contributed by atoms with Crippen molar-refractivity contribution in [1.29, 1.82) is 0 Å². The van der Waals surface area contributed by atoms with Gasteiger partial charge in [0.05, 0.1) is 12.8 Å². The number of ether oxygens (including phenoxy) is 1. The van der Waals surface area contributed by atoms with Crippen LogP contribution in [0.2, 0.25) is 5.02 Å². The highest BCUT2D eigenvalue weighted by atomic mass is 35.5. The molecule has 3 nitrogen and oxygen atoms in total. The maximum absolute atomic E-state index is 11.8. The van der Waals surface area contributed by atoms with Crippen LogP contribution in [0.1, 0.15) is 28.5 Å². The fourth-order valence-corrected chi connectivity index (χ4v) is 3.25. The molecule has 118 valence electrons. The Morgan fingerprint density at radius 2 is 2.00 bits per heavy atom. The number of methoxy groups -OCH3 is 1. The zero-order valence-corrected chi connectivity index (χ0v) is 14.1. The molecule has 0 N–H and O–H groups in total. The van der Waals surface area contributed by atoms with Crippen molar-refractivity contribution in [2.45, 2.75) is 20.3 Å². The standard InChI is InChI=1S/C19H18ClNO2/c1-4-13-5-6-15-9-16(18(11-22)21(15)10-13)17-8-14(20)7-12(2)19(17)23-3/h5-11H,4H2,1-3H3. The summed E-state index contributed by atoms with van der Waals surface area (Å²) >= 11 is 6.22. The molecule has 0 unspecified atom stereocenters. The number of hydrogen-bond acceptors (Lipinski definition) is 2. The molecule has 0 fully saturated rings. The maximum atomic E-state index is 11.8. The number of aryl methyl sites for hydroxylation is 2. The van der Waals surface area contributed by atoms with Crippen molar-refractivity contribution in [3.63, 3.8) is 0 Å². The zero-order chi connectivity index (χ0) is 16.6. The summed E-state index contributed by atoms with van der Waals surface area (Å²) in [4.78, 5) is 11.8. The summed E-state index contributed by atoms with van der Waals surface area (Å²) in [6.07, 6.45) is 3.81. The first-order chi connectivity index (χ1) is 11.1. The molecule has 0 spiro atoms. The van der Waals surface area contributed by atoms with E-state index in [1.807, 2.05) is 41.8 Å². The number of aromatic nitrogens is 1. The predicted octanol–water partition coefficient (Wildman–Crippen LogP) is 4.95. The van der Waals surface area contributed by atoms with E-state index in [0.29, 0.717) is 10.7 Å². The summed E-state index contributed by atoms with van der Waals surface area (Å²) in [7, 11) is 1.63. The third-order valence-corrected chi connectivity index (χ3v) is 4.34. The lowest BCUT2D eigenvalue weighted by Crippen LogP contribution is -1.96. The molecule has 2 aromatic heterocycles. The van der Waals surface area contributed by atoms with Crippen molar-refractivity contribution in [1.82, 2.24) is 4.40 Å². The lowest BCUT2D eigenvalue weighted by Gasteiger charge is -2.12. The van der Waals surface area contributed by atoms with Crippen molar-refractivity contribution >= 4 is 23.4 Å². The van der Waals surface area contributed by atoms with Crippen molar-refractivity contribution < 1.29 is 9.53 Å². The van der Waals surface area contributed by atoms with Crippen LogP contribution >= 0.6 is 11.6 Å². The van der Waals surface area contributed by atoms with Crippen LogP contribution < -0.4 is 4.74 Å². The van der Waals surface area contributed by atoms with E-state index >= 15 is 0 Å². The third-order valence-electron chi connectivity index (χ3n) is 4.12. The first-order valence-electron chi connectivity index (χ1n) is 7.52. The molecule has 0 aliphatic heterocycles. The van der Waals surface area contributed by atoms with Crippen LogP contribution in [-0.4, -0.2) is 17.8 Å². The first-order valence-corrected chi connectivity index (χ1v) is 7.90. The van der Waals surface area contributed by atoms with Gasteiger partial charge in [0.25, 0.3) is 0 Å². The first kappa shape index (κ1) is 15.6. The Hall–Kier alpha value is -2.26. The Morgan fingerprint density at radius 3 is 2.65 bits per heavy atom. The van der Waals surface area contributed by atoms with Gasteiger partial charge in [-0.05, 0) is 48.7 Å². The monoisotopic (exact) mass is 327 g/mol. The molecule has 4 heteroatoms. The van der Waals surface area contributed by atoms with E-state index in [0.717, 1.165) is 40.7 Å². The average molecular weight is 328 g/mol. The summed E-state index contributed by atoms with van der Waals surface area (Å²) in [5, 5.41) is 0.625. The average Bonchev–Trinajstić information content (AvgIpc) is 2.91. The predicted molar refractivity (Wildman–Crippen MR) is 93.9 cm³/mol. The van der Waals surface area contributed by atoms with Gasteiger partial charge in [-0.2, -0.15) is 0 Å². The molecule has 23 heavy (non-hydrogen) atoms. The fraction of sp³-hybridized carbons (Fsp3) is 0.211. The van der Waals surface area contributed by atoms with Crippen molar-refractivity contribution in [3.05, 3.63) is 58.4 Å². The van der Waals surface area contributed by atoms with Crippen LogP contribution in [0.4, 0.5) is 0 Å². The lowest BCUT2D eigenvalue weighted by atomic mass is 10.0. The molecule has 0 saturated heterocycles. The minimum Gasteiger partial charge on any atom is -0.496 e. The zero-order valence-electron chi connectivity index (χ0n) is 13.4. The Bertz CT molecular complexity index is 896. The van der Waals surface area contributed by atoms with Crippen LogP contribution in [-0.2, 0) is 6.42 Å². The van der Waals surface area contributed by atoms with Gasteiger partial charge in [0.2, 0.25) is 0 Å². The fourth-order valence-electron chi connectivity index (χ4n) is 2.98. The molecular weight excluding hydrogens is 310 g/mol. The van der Waals surface area contributed by atoms with Gasteiger partial charge in [-0.1, -0.05) is 24.6 Å². The summed E-state index contributed by atoms with van der Waals surface area (Å²) < 4.78 is 7.47. The van der Waals surface area contributed by atoms with E-state index in [9.17, 15) is 4.79 Å². The molecule has 1 aromatic carbocycles. The summed E-state index contributed by atoms with van der Waals surface area (Å²) in [5.41, 5.74) is 5.36. The molecule has 0 aliphatic rings. The van der Waals surface area contributed by atoms with E-state index in [4.69, 9.17) is 16.3 Å². The minimum absolute atomic E-state index is 0.607. The molecule has 0 amide bonds. The summed E-state index contributed by atoms with van der Waals surface area (Å²) in [6, 6.07) is 9.80. The Morgan fingerprint density at radius 1 is 1.22 bits per heavy atom. The molecule has 2 heterocycles. The molecule has 3 aromatic rings. The smallest absolute Gasteiger partial charge is 0.167 e. The number of aldehydes is 1. The highest BCUT2D eigenvalue weighted by molar-refractivity contribution is 6.31. The van der Waals surface area contributed by atoms with Crippen LogP contribution in [0.15, 0.2) is 36.5 Å². The molecule has 0 bridgehead atoms. The van der Waals surface area contributed by atoms with Gasteiger partial charge in [-0.25, -0.2) is 0 Å². The van der Waals surface area contributed by atoms with Gasteiger partial charge in [0.1, 0.15) is 5.75 Å². The van der Waals surface area contributed by atoms with Crippen LogP contribution in [0.5, 0.6) is 5.75 Å². The molecule has 0 radical (unpaired) electrons. The van der Waals surface area contributed by atoms with Gasteiger partial charge < -0.3 is 9.14 Å². The van der Waals surface area contributed by atoms with Crippen LogP contribution in [0, 0.1) is 6.92 Å². The van der Waals surface area contributed by atoms with Crippen molar-refractivity contribution in [2.24, 2.45) is 0 Å². The molecule has 0 aliphatic carbocycles. The van der Waals surface area contributed by atoms with E-state index in [2.05, 4.69) is 13.0 Å². The van der Waals surface area contributed by atoms with Crippen molar-refractivity contribution in [3.8, 4) is 16.9 Å².